The molecule has 0 bridgehead atoms. The minimum absolute atomic E-state index is 0.0556. The van der Waals surface area contributed by atoms with Crippen LogP contribution >= 0.6 is 27.5 Å². The van der Waals surface area contributed by atoms with E-state index in [1.54, 1.807) is 0 Å². The van der Waals surface area contributed by atoms with Gasteiger partial charge in [0.1, 0.15) is 5.75 Å². The van der Waals surface area contributed by atoms with Gasteiger partial charge in [-0.3, -0.25) is 4.79 Å². The number of carbonyl (C=O) groups excluding carboxylic acids is 1. The molecule has 0 aliphatic heterocycles. The lowest BCUT2D eigenvalue weighted by Crippen LogP contribution is -2.13. The van der Waals surface area contributed by atoms with Gasteiger partial charge in [0.15, 0.2) is 0 Å². The standard InChI is InChI=1S/C14H8BrClF3NO2/c15-11-3-2-8(6-10(11)14(17,18)19)20-13(22)9-5-7(16)1-4-12(9)21/h1-6,21H,(H,20,22). The quantitative estimate of drug-likeness (QED) is 0.746. The Morgan fingerprint density at radius 3 is 2.50 bits per heavy atom. The van der Waals surface area contributed by atoms with Crippen molar-refractivity contribution in [2.24, 2.45) is 0 Å². The lowest BCUT2D eigenvalue weighted by molar-refractivity contribution is -0.138. The fourth-order valence-electron chi connectivity index (χ4n) is 1.71. The first-order chi connectivity index (χ1) is 10.2. The molecule has 0 spiro atoms. The van der Waals surface area contributed by atoms with Crippen molar-refractivity contribution < 1.29 is 23.1 Å². The van der Waals surface area contributed by atoms with E-state index in [2.05, 4.69) is 21.2 Å². The van der Waals surface area contributed by atoms with Crippen molar-refractivity contribution in [3.8, 4) is 5.75 Å². The second-order valence-corrected chi connectivity index (χ2v) is 5.60. The van der Waals surface area contributed by atoms with Gasteiger partial charge < -0.3 is 10.4 Å². The molecule has 2 N–H and O–H groups in total. The monoisotopic (exact) mass is 393 g/mol. The molecule has 2 aromatic carbocycles. The van der Waals surface area contributed by atoms with Crippen LogP contribution in [0.1, 0.15) is 15.9 Å². The maximum atomic E-state index is 12.8. The van der Waals surface area contributed by atoms with Crippen LogP contribution in [0.5, 0.6) is 5.75 Å². The second-order valence-electron chi connectivity index (χ2n) is 4.31. The van der Waals surface area contributed by atoms with E-state index in [4.69, 9.17) is 11.6 Å². The molecule has 0 atom stereocenters. The average Bonchev–Trinajstić information content (AvgIpc) is 2.42. The Morgan fingerprint density at radius 2 is 1.86 bits per heavy atom. The number of aromatic hydroxyl groups is 1. The lowest BCUT2D eigenvalue weighted by Gasteiger charge is -2.12. The number of hydrogen-bond donors (Lipinski definition) is 2. The third-order valence-electron chi connectivity index (χ3n) is 2.73. The molecular weight excluding hydrogens is 387 g/mol. The molecule has 0 saturated carbocycles. The number of alkyl halides is 3. The summed E-state index contributed by atoms with van der Waals surface area (Å²) in [4.78, 5) is 12.0. The lowest BCUT2D eigenvalue weighted by atomic mass is 10.1. The highest BCUT2D eigenvalue weighted by molar-refractivity contribution is 9.10. The van der Waals surface area contributed by atoms with E-state index in [1.165, 1.54) is 30.3 Å². The predicted octanol–water partition coefficient (Wildman–Crippen LogP) is 5.08. The second kappa shape index (κ2) is 6.18. The molecule has 0 aromatic heterocycles. The number of phenolic OH excluding ortho intramolecular Hbond substituents is 1. The number of amides is 1. The van der Waals surface area contributed by atoms with E-state index >= 15 is 0 Å². The van der Waals surface area contributed by atoms with Crippen molar-refractivity contribution in [3.05, 3.63) is 57.0 Å². The minimum Gasteiger partial charge on any atom is -0.507 e. The van der Waals surface area contributed by atoms with Crippen molar-refractivity contribution in [2.45, 2.75) is 6.18 Å². The van der Waals surface area contributed by atoms with Crippen molar-refractivity contribution in [2.75, 3.05) is 5.32 Å². The maximum absolute atomic E-state index is 12.8. The van der Waals surface area contributed by atoms with Crippen LogP contribution in [0.25, 0.3) is 0 Å². The van der Waals surface area contributed by atoms with Crippen molar-refractivity contribution in [3.63, 3.8) is 0 Å². The van der Waals surface area contributed by atoms with Gasteiger partial charge >= 0.3 is 6.18 Å². The summed E-state index contributed by atoms with van der Waals surface area (Å²) in [7, 11) is 0. The summed E-state index contributed by atoms with van der Waals surface area (Å²) in [5, 5.41) is 12.1. The van der Waals surface area contributed by atoms with Gasteiger partial charge in [0.05, 0.1) is 11.1 Å². The summed E-state index contributed by atoms with van der Waals surface area (Å²) in [6, 6.07) is 7.10. The Balaban J connectivity index is 2.31. The highest BCUT2D eigenvalue weighted by atomic mass is 79.9. The van der Waals surface area contributed by atoms with E-state index in [-0.39, 0.29) is 26.5 Å². The van der Waals surface area contributed by atoms with E-state index in [1.807, 2.05) is 0 Å². The highest BCUT2D eigenvalue weighted by Crippen LogP contribution is 2.36. The molecule has 2 rings (SSSR count). The highest BCUT2D eigenvalue weighted by Gasteiger charge is 2.33. The topological polar surface area (TPSA) is 49.3 Å². The molecule has 22 heavy (non-hydrogen) atoms. The van der Waals surface area contributed by atoms with E-state index in [0.717, 1.165) is 6.07 Å². The first-order valence-corrected chi connectivity index (χ1v) is 7.02. The van der Waals surface area contributed by atoms with Gasteiger partial charge in [0, 0.05) is 15.2 Å². The van der Waals surface area contributed by atoms with Gasteiger partial charge in [0.2, 0.25) is 0 Å². The number of hydrogen-bond acceptors (Lipinski definition) is 2. The summed E-state index contributed by atoms with van der Waals surface area (Å²) in [6.07, 6.45) is -4.56. The normalized spacial score (nSPS) is 11.3. The van der Waals surface area contributed by atoms with Crippen LogP contribution in [0.2, 0.25) is 5.02 Å². The molecule has 0 radical (unpaired) electrons. The Bertz CT molecular complexity index is 735. The first kappa shape index (κ1) is 16.6. The van der Waals surface area contributed by atoms with Crippen LogP contribution in [-0.4, -0.2) is 11.0 Å². The molecule has 0 fully saturated rings. The molecule has 116 valence electrons. The maximum Gasteiger partial charge on any atom is 0.417 e. The Morgan fingerprint density at radius 1 is 1.18 bits per heavy atom. The zero-order chi connectivity index (χ0) is 16.5. The van der Waals surface area contributed by atoms with Crippen molar-refractivity contribution in [1.82, 2.24) is 0 Å². The first-order valence-electron chi connectivity index (χ1n) is 5.85. The van der Waals surface area contributed by atoms with Crippen LogP contribution in [0.3, 0.4) is 0 Å². The van der Waals surface area contributed by atoms with Crippen LogP contribution in [-0.2, 0) is 6.18 Å². The number of nitrogens with one attached hydrogen (secondary N) is 1. The third-order valence-corrected chi connectivity index (χ3v) is 3.66. The smallest absolute Gasteiger partial charge is 0.417 e. The van der Waals surface area contributed by atoms with Gasteiger partial charge in [-0.2, -0.15) is 13.2 Å². The summed E-state index contributed by atoms with van der Waals surface area (Å²) in [6.45, 7) is 0. The van der Waals surface area contributed by atoms with Gasteiger partial charge in [-0.05, 0) is 36.4 Å². The SMILES string of the molecule is O=C(Nc1ccc(Br)c(C(F)(F)F)c1)c1cc(Cl)ccc1O. The third kappa shape index (κ3) is 3.72. The van der Waals surface area contributed by atoms with Crippen molar-refractivity contribution in [1.29, 1.82) is 0 Å². The van der Waals surface area contributed by atoms with Crippen LogP contribution in [0, 0.1) is 0 Å². The number of carbonyl (C=O) groups is 1. The minimum atomic E-state index is -4.56. The molecule has 0 saturated heterocycles. The van der Waals surface area contributed by atoms with Gasteiger partial charge in [-0.25, -0.2) is 0 Å². The predicted molar refractivity (Wildman–Crippen MR) is 80.2 cm³/mol. The van der Waals surface area contributed by atoms with Crippen LogP contribution in [0.15, 0.2) is 40.9 Å². The molecule has 2 aromatic rings. The van der Waals surface area contributed by atoms with Crippen LogP contribution < -0.4 is 5.32 Å². The summed E-state index contributed by atoms with van der Waals surface area (Å²) < 4.78 is 38.3. The van der Waals surface area contributed by atoms with Gasteiger partial charge in [0.25, 0.3) is 5.91 Å². The number of halogens is 5. The zero-order valence-electron chi connectivity index (χ0n) is 10.7. The fourth-order valence-corrected chi connectivity index (χ4v) is 2.35. The molecule has 0 unspecified atom stereocenters. The van der Waals surface area contributed by atoms with Crippen molar-refractivity contribution >= 4 is 39.1 Å². The molecule has 3 nitrogen and oxygen atoms in total. The number of rotatable bonds is 2. The molecule has 0 aliphatic rings. The van der Waals surface area contributed by atoms with Crippen LogP contribution in [0.4, 0.5) is 18.9 Å². The fraction of sp³-hybridized carbons (Fsp3) is 0.0714. The van der Waals surface area contributed by atoms with E-state index in [9.17, 15) is 23.1 Å². The summed E-state index contributed by atoms with van der Waals surface area (Å²) in [5.41, 5.74) is -1.11. The molecule has 1 amide bonds. The Kier molecular flexibility index (Phi) is 4.67. The zero-order valence-corrected chi connectivity index (χ0v) is 13.1. The number of benzene rings is 2. The number of phenols is 1. The average molecular weight is 395 g/mol. The molecular formula is C14H8BrClF3NO2. The largest absolute Gasteiger partial charge is 0.507 e. The summed E-state index contributed by atoms with van der Waals surface area (Å²) in [5.74, 6) is -1.09. The molecule has 8 heteroatoms. The molecule has 0 heterocycles. The molecule has 0 aliphatic carbocycles. The van der Waals surface area contributed by atoms with E-state index < -0.39 is 17.6 Å². The summed E-state index contributed by atoms with van der Waals surface area (Å²) >= 11 is 8.53. The van der Waals surface area contributed by atoms with Gasteiger partial charge in [-0.15, -0.1) is 0 Å². The van der Waals surface area contributed by atoms with Gasteiger partial charge in [-0.1, -0.05) is 27.5 Å². The van der Waals surface area contributed by atoms with E-state index in [0.29, 0.717) is 0 Å². The Labute approximate surface area is 136 Å². The Hall–Kier alpha value is -1.73. The number of anilines is 1.